The molecule has 0 atom stereocenters. The molecule has 0 radical (unpaired) electrons. The molecule has 0 amide bonds. The van der Waals surface area contributed by atoms with Gasteiger partial charge in [-0.05, 0) is 68.4 Å². The summed E-state index contributed by atoms with van der Waals surface area (Å²) in [5.41, 5.74) is 1.42. The van der Waals surface area contributed by atoms with E-state index in [1.54, 1.807) is 18.2 Å². The van der Waals surface area contributed by atoms with Gasteiger partial charge in [-0.25, -0.2) is 4.98 Å². The number of alkyl halides is 3. The summed E-state index contributed by atoms with van der Waals surface area (Å²) in [6.07, 6.45) is 4.74. The van der Waals surface area contributed by atoms with Gasteiger partial charge in [0.05, 0.1) is 11.8 Å². The number of para-hydroxylation sites is 2. The Balaban J connectivity index is 1.56. The van der Waals surface area contributed by atoms with Crippen molar-refractivity contribution in [1.29, 1.82) is 0 Å². The van der Waals surface area contributed by atoms with Crippen LogP contribution < -0.4 is 15.4 Å². The van der Waals surface area contributed by atoms with Gasteiger partial charge in [0.25, 0.3) is 0 Å². The SMILES string of the molecule is CCCCc1ccc(Nc2ncc(C(F)(F)F)c(Nc3ccccc3OC3CCCCC3)n2)cc1. The van der Waals surface area contributed by atoms with Gasteiger partial charge in [-0.3, -0.25) is 0 Å². The molecule has 1 heterocycles. The molecular weight excluding hydrogens is 453 g/mol. The second-order valence-corrected chi connectivity index (χ2v) is 8.88. The van der Waals surface area contributed by atoms with Crippen molar-refractivity contribution < 1.29 is 17.9 Å². The quantitative estimate of drug-likeness (QED) is 0.322. The van der Waals surface area contributed by atoms with E-state index >= 15 is 0 Å². The van der Waals surface area contributed by atoms with Crippen LogP contribution in [0.15, 0.2) is 54.7 Å². The second kappa shape index (κ2) is 11.4. The minimum atomic E-state index is -4.61. The van der Waals surface area contributed by atoms with Crippen LogP contribution in [-0.4, -0.2) is 16.1 Å². The first-order valence-corrected chi connectivity index (χ1v) is 12.3. The van der Waals surface area contributed by atoms with Crippen molar-refractivity contribution in [2.24, 2.45) is 0 Å². The molecule has 3 aromatic rings. The van der Waals surface area contributed by atoms with Gasteiger partial charge in [0.2, 0.25) is 5.95 Å². The molecule has 1 aliphatic rings. The number of nitrogens with zero attached hydrogens (tertiary/aromatic N) is 2. The predicted molar refractivity (Wildman–Crippen MR) is 133 cm³/mol. The first kappa shape index (κ1) is 24.8. The molecule has 8 heteroatoms. The summed E-state index contributed by atoms with van der Waals surface area (Å²) in [5, 5.41) is 5.87. The topological polar surface area (TPSA) is 59.1 Å². The zero-order valence-corrected chi connectivity index (χ0v) is 19.9. The van der Waals surface area contributed by atoms with Crippen LogP contribution in [-0.2, 0) is 12.6 Å². The molecule has 1 saturated carbocycles. The summed E-state index contributed by atoms with van der Waals surface area (Å²) >= 11 is 0. The van der Waals surface area contributed by atoms with Crippen molar-refractivity contribution in [3.63, 3.8) is 0 Å². The Morgan fingerprint density at radius 2 is 1.71 bits per heavy atom. The Bertz CT molecular complexity index is 1100. The largest absolute Gasteiger partial charge is 0.488 e. The number of ether oxygens (including phenoxy) is 1. The third-order valence-electron chi connectivity index (χ3n) is 6.11. The third-order valence-corrected chi connectivity index (χ3v) is 6.11. The van der Waals surface area contributed by atoms with Crippen molar-refractivity contribution in [1.82, 2.24) is 9.97 Å². The van der Waals surface area contributed by atoms with Gasteiger partial charge in [0, 0.05) is 11.9 Å². The van der Waals surface area contributed by atoms with Crippen LogP contribution in [0.3, 0.4) is 0 Å². The summed E-state index contributed by atoms with van der Waals surface area (Å²) < 4.78 is 47.4. The van der Waals surface area contributed by atoms with E-state index in [1.165, 1.54) is 12.0 Å². The van der Waals surface area contributed by atoms with Crippen molar-refractivity contribution in [2.45, 2.75) is 70.6 Å². The number of aromatic nitrogens is 2. The summed E-state index contributed by atoms with van der Waals surface area (Å²) in [6, 6.07) is 14.8. The van der Waals surface area contributed by atoms with Gasteiger partial charge in [-0.15, -0.1) is 0 Å². The number of hydrogen-bond acceptors (Lipinski definition) is 5. The molecule has 0 spiro atoms. The molecule has 35 heavy (non-hydrogen) atoms. The van der Waals surface area contributed by atoms with E-state index in [-0.39, 0.29) is 17.9 Å². The lowest BCUT2D eigenvalue weighted by Gasteiger charge is -2.24. The van der Waals surface area contributed by atoms with Gasteiger partial charge >= 0.3 is 6.18 Å². The molecule has 1 aliphatic carbocycles. The van der Waals surface area contributed by atoms with Crippen LogP contribution >= 0.6 is 0 Å². The highest BCUT2D eigenvalue weighted by Crippen LogP contribution is 2.37. The lowest BCUT2D eigenvalue weighted by molar-refractivity contribution is -0.137. The van der Waals surface area contributed by atoms with Crippen molar-refractivity contribution >= 4 is 23.1 Å². The molecule has 0 unspecified atom stereocenters. The van der Waals surface area contributed by atoms with E-state index in [9.17, 15) is 13.2 Å². The predicted octanol–water partition coefficient (Wildman–Crippen LogP) is 8.04. The van der Waals surface area contributed by atoms with Crippen LogP contribution in [0.1, 0.15) is 63.0 Å². The number of nitrogens with one attached hydrogen (secondary N) is 2. The smallest absolute Gasteiger partial charge is 0.421 e. The number of aryl methyl sites for hydroxylation is 1. The maximum absolute atomic E-state index is 13.8. The molecule has 2 aromatic carbocycles. The molecule has 4 rings (SSSR count). The van der Waals surface area contributed by atoms with Gasteiger partial charge in [0.15, 0.2) is 0 Å². The molecule has 1 aromatic heterocycles. The number of anilines is 4. The van der Waals surface area contributed by atoms with Crippen molar-refractivity contribution in [3.8, 4) is 5.75 Å². The van der Waals surface area contributed by atoms with Gasteiger partial charge < -0.3 is 15.4 Å². The average molecular weight is 485 g/mol. The lowest BCUT2D eigenvalue weighted by Crippen LogP contribution is -2.20. The fourth-order valence-electron chi connectivity index (χ4n) is 4.17. The van der Waals surface area contributed by atoms with Gasteiger partial charge in [-0.2, -0.15) is 18.2 Å². The number of halogens is 3. The lowest BCUT2D eigenvalue weighted by atomic mass is 9.98. The van der Waals surface area contributed by atoms with E-state index in [0.29, 0.717) is 17.1 Å². The van der Waals surface area contributed by atoms with Crippen molar-refractivity contribution in [3.05, 3.63) is 65.9 Å². The number of benzene rings is 2. The number of rotatable bonds is 9. The summed E-state index contributed by atoms with van der Waals surface area (Å²) in [5.74, 6) is 0.269. The first-order chi connectivity index (χ1) is 16.9. The van der Waals surface area contributed by atoms with Crippen LogP contribution in [0.4, 0.5) is 36.3 Å². The van der Waals surface area contributed by atoms with E-state index in [0.717, 1.165) is 51.1 Å². The zero-order valence-electron chi connectivity index (χ0n) is 19.9. The molecule has 186 valence electrons. The maximum atomic E-state index is 13.8. The second-order valence-electron chi connectivity index (χ2n) is 8.88. The first-order valence-electron chi connectivity index (χ1n) is 12.3. The summed E-state index contributed by atoms with van der Waals surface area (Å²) in [6.45, 7) is 2.14. The zero-order chi connectivity index (χ0) is 24.7. The molecule has 0 bridgehead atoms. The van der Waals surface area contributed by atoms with Gasteiger partial charge in [-0.1, -0.05) is 44.0 Å². The Morgan fingerprint density at radius 1 is 0.971 bits per heavy atom. The van der Waals surface area contributed by atoms with E-state index in [4.69, 9.17) is 4.74 Å². The normalized spacial score (nSPS) is 14.5. The van der Waals surface area contributed by atoms with Crippen LogP contribution in [0.25, 0.3) is 0 Å². The van der Waals surface area contributed by atoms with E-state index in [1.807, 2.05) is 30.3 Å². The monoisotopic (exact) mass is 484 g/mol. The Labute approximate surface area is 204 Å². The van der Waals surface area contributed by atoms with E-state index in [2.05, 4.69) is 27.5 Å². The van der Waals surface area contributed by atoms with Crippen LogP contribution in [0, 0.1) is 0 Å². The molecule has 1 fully saturated rings. The molecule has 0 saturated heterocycles. The molecule has 5 nitrogen and oxygen atoms in total. The Hall–Kier alpha value is -3.29. The fraction of sp³-hybridized carbons (Fsp3) is 0.407. The third kappa shape index (κ3) is 6.87. The summed E-state index contributed by atoms with van der Waals surface area (Å²) in [4.78, 5) is 8.10. The number of unbranched alkanes of at least 4 members (excludes halogenated alkanes) is 1. The maximum Gasteiger partial charge on any atom is 0.421 e. The minimum Gasteiger partial charge on any atom is -0.488 e. The standard InChI is InChI=1S/C27H31F3N4O/c1-2-3-9-19-14-16-20(17-15-19)32-26-31-18-22(27(28,29)30)25(34-26)33-23-12-7-8-13-24(23)35-21-10-5-4-6-11-21/h7-8,12-18,21H,2-6,9-11H2,1H3,(H2,31,32,33,34). The molecule has 0 aliphatic heterocycles. The minimum absolute atomic E-state index is 0.0664. The highest BCUT2D eigenvalue weighted by Gasteiger charge is 2.35. The highest BCUT2D eigenvalue weighted by molar-refractivity contribution is 5.67. The highest BCUT2D eigenvalue weighted by atomic mass is 19.4. The average Bonchev–Trinajstić information content (AvgIpc) is 2.85. The Kier molecular flexibility index (Phi) is 8.10. The summed E-state index contributed by atoms with van der Waals surface area (Å²) in [7, 11) is 0. The Morgan fingerprint density at radius 3 is 2.43 bits per heavy atom. The van der Waals surface area contributed by atoms with E-state index < -0.39 is 11.7 Å². The number of hydrogen-bond donors (Lipinski definition) is 2. The van der Waals surface area contributed by atoms with Gasteiger partial charge in [0.1, 0.15) is 17.1 Å². The molecule has 2 N–H and O–H groups in total. The van der Waals surface area contributed by atoms with Crippen LogP contribution in [0.5, 0.6) is 5.75 Å². The molecular formula is C27H31F3N4O. The fourth-order valence-corrected chi connectivity index (χ4v) is 4.17. The van der Waals surface area contributed by atoms with Crippen molar-refractivity contribution in [2.75, 3.05) is 10.6 Å². The van der Waals surface area contributed by atoms with Crippen LogP contribution in [0.2, 0.25) is 0 Å².